The van der Waals surface area contributed by atoms with Crippen LogP contribution in [0.1, 0.15) is 68.8 Å². The molecule has 2 unspecified atom stereocenters. The lowest BCUT2D eigenvalue weighted by Gasteiger charge is -2.26. The first kappa shape index (κ1) is 28.4. The van der Waals surface area contributed by atoms with Crippen LogP contribution in [-0.2, 0) is 16.4 Å². The molecule has 1 fully saturated rings. The van der Waals surface area contributed by atoms with E-state index in [1.165, 1.54) is 10.6 Å². The Morgan fingerprint density at radius 2 is 2.06 bits per heavy atom. The zero-order valence-electron chi connectivity index (χ0n) is 21.9. The standard InChI is InChI=1S/C26H41N5O3S2/c1-5-7-8-22(27)23(13-19-9-11-35-17-19)29-26(32)20-14-24(28-16-21-12-18(21)3)30-25(15-20)31(10-6-2)36(4,33)34/h9,11,14-15,17-18,21-23H,5-8,10,12-13,16,27H2,1-4H3,(H,28,30)(H,29,32)/t18?,21?,22-,23-/m0/s1. The molecule has 0 radical (unpaired) electrons. The van der Waals surface area contributed by atoms with Gasteiger partial charge in [0.15, 0.2) is 0 Å². The molecule has 200 valence electrons. The molecular weight excluding hydrogens is 494 g/mol. The maximum Gasteiger partial charge on any atom is 0.251 e. The van der Waals surface area contributed by atoms with Gasteiger partial charge in [-0.3, -0.25) is 9.10 Å². The molecule has 2 heterocycles. The SMILES string of the molecule is CCCC[C@H](N)[C@H](Cc1ccsc1)NC(=O)c1cc(NCC2CC2C)nc(N(CCC)S(C)(=O)=O)c1. The van der Waals surface area contributed by atoms with Crippen molar-refractivity contribution in [1.82, 2.24) is 10.3 Å². The fourth-order valence-corrected chi connectivity index (χ4v) is 5.93. The van der Waals surface area contributed by atoms with Crippen LogP contribution in [-0.4, -0.2) is 50.7 Å². The summed E-state index contributed by atoms with van der Waals surface area (Å²) >= 11 is 1.62. The van der Waals surface area contributed by atoms with Crippen molar-refractivity contribution in [3.05, 3.63) is 40.1 Å². The van der Waals surface area contributed by atoms with Crippen LogP contribution in [0.3, 0.4) is 0 Å². The number of nitrogens with zero attached hydrogens (tertiary/aromatic N) is 2. The Labute approximate surface area is 220 Å². The summed E-state index contributed by atoms with van der Waals surface area (Å²) in [5.74, 6) is 1.72. The highest BCUT2D eigenvalue weighted by atomic mass is 32.2. The second-order valence-corrected chi connectivity index (χ2v) is 12.7. The van der Waals surface area contributed by atoms with E-state index in [0.29, 0.717) is 42.6 Å². The van der Waals surface area contributed by atoms with Gasteiger partial charge in [0.25, 0.3) is 5.91 Å². The third-order valence-corrected chi connectivity index (χ3v) is 8.64. The summed E-state index contributed by atoms with van der Waals surface area (Å²) in [6, 6.07) is 4.90. The summed E-state index contributed by atoms with van der Waals surface area (Å²) in [5, 5.41) is 10.6. The Bertz CT molecular complexity index is 1090. The molecule has 1 aliphatic rings. The van der Waals surface area contributed by atoms with Gasteiger partial charge in [0.1, 0.15) is 11.6 Å². The van der Waals surface area contributed by atoms with Crippen molar-refractivity contribution in [3.63, 3.8) is 0 Å². The quantitative estimate of drug-likeness (QED) is 0.314. The number of hydrogen-bond donors (Lipinski definition) is 3. The number of nitrogens with two attached hydrogens (primary N) is 1. The Balaban J connectivity index is 1.88. The number of carbonyl (C=O) groups excluding carboxylic acids is 1. The van der Waals surface area contributed by atoms with Crippen LogP contribution in [0.2, 0.25) is 0 Å². The lowest BCUT2D eigenvalue weighted by molar-refractivity contribution is 0.0929. The summed E-state index contributed by atoms with van der Waals surface area (Å²) in [7, 11) is -3.56. The van der Waals surface area contributed by atoms with Gasteiger partial charge in [-0.05, 0) is 72.0 Å². The average Bonchev–Trinajstić information content (AvgIpc) is 3.29. The van der Waals surface area contributed by atoms with Crippen LogP contribution in [0.25, 0.3) is 0 Å². The van der Waals surface area contributed by atoms with Gasteiger partial charge in [-0.2, -0.15) is 11.3 Å². The Morgan fingerprint density at radius 1 is 1.31 bits per heavy atom. The molecule has 1 amide bonds. The number of amides is 1. The number of rotatable bonds is 15. The molecule has 0 spiro atoms. The highest BCUT2D eigenvalue weighted by molar-refractivity contribution is 7.92. The first-order valence-corrected chi connectivity index (χ1v) is 15.7. The molecule has 0 aromatic carbocycles. The number of pyridine rings is 1. The zero-order valence-corrected chi connectivity index (χ0v) is 23.5. The number of anilines is 2. The van der Waals surface area contributed by atoms with Gasteiger partial charge < -0.3 is 16.4 Å². The molecular formula is C26H41N5O3S2. The number of hydrogen-bond acceptors (Lipinski definition) is 7. The molecule has 36 heavy (non-hydrogen) atoms. The summed E-state index contributed by atoms with van der Waals surface area (Å²) in [5.41, 5.74) is 8.04. The average molecular weight is 536 g/mol. The maximum atomic E-state index is 13.5. The minimum Gasteiger partial charge on any atom is -0.370 e. The lowest BCUT2D eigenvalue weighted by atomic mass is 9.97. The van der Waals surface area contributed by atoms with E-state index in [2.05, 4.69) is 40.9 Å². The van der Waals surface area contributed by atoms with Crippen molar-refractivity contribution >= 4 is 38.9 Å². The van der Waals surface area contributed by atoms with Gasteiger partial charge in [0.05, 0.1) is 6.26 Å². The maximum absolute atomic E-state index is 13.5. The fraction of sp³-hybridized carbons (Fsp3) is 0.615. The molecule has 0 aliphatic heterocycles. The zero-order chi connectivity index (χ0) is 26.3. The summed E-state index contributed by atoms with van der Waals surface area (Å²) in [6.45, 7) is 7.28. The second kappa shape index (κ2) is 12.9. The smallest absolute Gasteiger partial charge is 0.251 e. The predicted octanol–water partition coefficient (Wildman–Crippen LogP) is 4.25. The van der Waals surface area contributed by atoms with E-state index in [9.17, 15) is 13.2 Å². The monoisotopic (exact) mass is 535 g/mol. The molecule has 4 N–H and O–H groups in total. The molecule has 3 rings (SSSR count). The topological polar surface area (TPSA) is 117 Å². The predicted molar refractivity (Wildman–Crippen MR) is 149 cm³/mol. The number of carbonyl (C=O) groups is 1. The van der Waals surface area contributed by atoms with Gasteiger partial charge in [0, 0.05) is 30.7 Å². The number of unbranched alkanes of at least 4 members (excludes halogenated alkanes) is 1. The molecule has 1 aliphatic carbocycles. The highest BCUT2D eigenvalue weighted by Crippen LogP contribution is 2.37. The highest BCUT2D eigenvalue weighted by Gasteiger charge is 2.32. The van der Waals surface area contributed by atoms with Gasteiger partial charge in [-0.25, -0.2) is 13.4 Å². The van der Waals surface area contributed by atoms with E-state index in [4.69, 9.17) is 5.73 Å². The first-order valence-electron chi connectivity index (χ1n) is 12.9. The van der Waals surface area contributed by atoms with Crippen molar-refractivity contribution in [2.45, 2.75) is 71.4 Å². The van der Waals surface area contributed by atoms with Crippen LogP contribution in [0.5, 0.6) is 0 Å². The molecule has 2 aromatic heterocycles. The van der Waals surface area contributed by atoms with E-state index in [1.54, 1.807) is 23.5 Å². The molecule has 10 heteroatoms. The Hall–Kier alpha value is -2.17. The van der Waals surface area contributed by atoms with Crippen molar-refractivity contribution in [2.24, 2.45) is 17.6 Å². The van der Waals surface area contributed by atoms with Gasteiger partial charge >= 0.3 is 0 Å². The normalized spacial score (nSPS) is 18.9. The number of nitrogens with one attached hydrogen (secondary N) is 2. The molecule has 2 aromatic rings. The summed E-state index contributed by atoms with van der Waals surface area (Å²) in [6.07, 6.45) is 6.44. The van der Waals surface area contributed by atoms with E-state index in [1.807, 2.05) is 12.3 Å². The third kappa shape index (κ3) is 8.18. The van der Waals surface area contributed by atoms with E-state index in [0.717, 1.165) is 37.8 Å². The van der Waals surface area contributed by atoms with E-state index in [-0.39, 0.29) is 23.8 Å². The largest absolute Gasteiger partial charge is 0.370 e. The molecule has 1 saturated carbocycles. The van der Waals surface area contributed by atoms with Crippen molar-refractivity contribution < 1.29 is 13.2 Å². The van der Waals surface area contributed by atoms with Crippen molar-refractivity contribution in [3.8, 4) is 0 Å². The number of thiophene rings is 1. The Kier molecular flexibility index (Phi) is 10.2. The van der Waals surface area contributed by atoms with Gasteiger partial charge in [-0.15, -0.1) is 0 Å². The van der Waals surface area contributed by atoms with Gasteiger partial charge in [0.2, 0.25) is 10.0 Å². The minimum atomic E-state index is -3.56. The van der Waals surface area contributed by atoms with Crippen LogP contribution in [0, 0.1) is 11.8 Å². The fourth-order valence-electron chi connectivity index (χ4n) is 4.30. The molecule has 0 saturated heterocycles. The lowest BCUT2D eigenvalue weighted by Crippen LogP contribution is -2.49. The summed E-state index contributed by atoms with van der Waals surface area (Å²) < 4.78 is 26.3. The number of aromatic nitrogens is 1. The third-order valence-electron chi connectivity index (χ3n) is 6.74. The molecule has 4 atom stereocenters. The van der Waals surface area contributed by atoms with Crippen LogP contribution < -0.4 is 20.7 Å². The second-order valence-electron chi connectivity index (χ2n) is 10.0. The first-order chi connectivity index (χ1) is 17.1. The van der Waals surface area contributed by atoms with Crippen LogP contribution >= 0.6 is 11.3 Å². The number of sulfonamides is 1. The molecule has 0 bridgehead atoms. The van der Waals surface area contributed by atoms with Crippen LogP contribution in [0.15, 0.2) is 29.0 Å². The Morgan fingerprint density at radius 3 is 2.64 bits per heavy atom. The van der Waals surface area contributed by atoms with Crippen molar-refractivity contribution in [1.29, 1.82) is 0 Å². The van der Waals surface area contributed by atoms with Crippen LogP contribution in [0.4, 0.5) is 11.6 Å². The van der Waals surface area contributed by atoms with Crippen molar-refractivity contribution in [2.75, 3.05) is 29.0 Å². The summed E-state index contributed by atoms with van der Waals surface area (Å²) in [4.78, 5) is 18.1. The van der Waals surface area contributed by atoms with E-state index < -0.39 is 10.0 Å². The van der Waals surface area contributed by atoms with E-state index >= 15 is 0 Å². The minimum absolute atomic E-state index is 0.184. The molecule has 8 nitrogen and oxygen atoms in total. The van der Waals surface area contributed by atoms with Gasteiger partial charge in [-0.1, -0.05) is 33.6 Å².